The molecule has 0 bridgehead atoms. The van der Waals surface area contributed by atoms with Gasteiger partial charge in [-0.25, -0.2) is 0 Å². The monoisotopic (exact) mass is 137 g/mol. The summed E-state index contributed by atoms with van der Waals surface area (Å²) in [7, 11) is 0. The number of nitrogens with one attached hydrogen (secondary N) is 1. The van der Waals surface area contributed by atoms with Gasteiger partial charge in [0.25, 0.3) is 0 Å². The molecule has 0 radical (unpaired) electrons. The Kier molecular flexibility index (Phi) is 2.23. The second-order valence-electron chi connectivity index (χ2n) is 2.13. The number of aromatic nitrogens is 2. The molecule has 1 aromatic heterocycles. The first-order valence-corrected chi connectivity index (χ1v) is 3.21. The normalized spacial score (nSPS) is 9.70. The molecule has 0 saturated heterocycles. The Morgan fingerprint density at radius 1 is 1.80 bits per heavy atom. The van der Waals surface area contributed by atoms with Gasteiger partial charge < -0.3 is 5.73 Å². The average Bonchev–Trinajstić information content (AvgIpc) is 2.38. The van der Waals surface area contributed by atoms with E-state index in [1.165, 1.54) is 0 Å². The minimum Gasteiger partial charge on any atom is -0.330 e. The predicted octanol–water partition coefficient (Wildman–Crippen LogP) is 0.772. The van der Waals surface area contributed by atoms with E-state index in [2.05, 4.69) is 16.8 Å². The summed E-state index contributed by atoms with van der Waals surface area (Å²) in [5.41, 5.74) is 7.43. The second-order valence-corrected chi connectivity index (χ2v) is 2.13. The third kappa shape index (κ3) is 1.45. The molecule has 1 heterocycles. The predicted molar refractivity (Wildman–Crippen MR) is 41.3 cm³/mol. The zero-order chi connectivity index (χ0) is 7.40. The maximum absolute atomic E-state index is 5.34. The lowest BCUT2D eigenvalue weighted by Crippen LogP contribution is -1.98. The lowest BCUT2D eigenvalue weighted by Gasteiger charge is -1.96. The molecule has 0 aliphatic rings. The Balaban J connectivity index is 2.59. The van der Waals surface area contributed by atoms with Crippen molar-refractivity contribution in [3.8, 4) is 0 Å². The minimum atomic E-state index is 0.643. The molecule has 0 aromatic carbocycles. The summed E-state index contributed by atoms with van der Waals surface area (Å²) in [4.78, 5) is 0. The molecule has 3 nitrogen and oxygen atoms in total. The molecule has 0 unspecified atom stereocenters. The highest BCUT2D eigenvalue weighted by Crippen LogP contribution is 2.11. The number of H-pyrrole nitrogens is 1. The molecule has 0 fully saturated rings. The molecule has 10 heavy (non-hydrogen) atoms. The zero-order valence-corrected chi connectivity index (χ0v) is 5.80. The summed E-state index contributed by atoms with van der Waals surface area (Å²) in [6.07, 6.45) is 4.40. The van der Waals surface area contributed by atoms with Gasteiger partial charge in [0.05, 0.1) is 6.20 Å². The van der Waals surface area contributed by atoms with E-state index in [0.29, 0.717) is 6.54 Å². The molecule has 0 atom stereocenters. The van der Waals surface area contributed by atoms with E-state index >= 15 is 0 Å². The van der Waals surface area contributed by atoms with Gasteiger partial charge in [0.2, 0.25) is 0 Å². The molecule has 1 aromatic rings. The topological polar surface area (TPSA) is 54.7 Å². The minimum absolute atomic E-state index is 0.643. The summed E-state index contributed by atoms with van der Waals surface area (Å²) in [5.74, 6) is 0. The van der Waals surface area contributed by atoms with Crippen LogP contribution in [0, 0.1) is 0 Å². The molecule has 0 saturated carbocycles. The Bertz CT molecular complexity index is 201. The summed E-state index contributed by atoms with van der Waals surface area (Å²) in [6.45, 7) is 4.49. The van der Waals surface area contributed by atoms with Gasteiger partial charge >= 0.3 is 0 Å². The maximum Gasteiger partial charge on any atom is 0.0562 e. The maximum atomic E-state index is 5.34. The Morgan fingerprint density at radius 2 is 2.60 bits per heavy atom. The van der Waals surface area contributed by atoms with Crippen molar-refractivity contribution in [2.24, 2.45) is 5.73 Å². The third-order valence-electron chi connectivity index (χ3n) is 1.35. The van der Waals surface area contributed by atoms with Crippen LogP contribution >= 0.6 is 0 Å². The number of hydrogen-bond donors (Lipinski definition) is 2. The summed E-state index contributed by atoms with van der Waals surface area (Å²) >= 11 is 0. The van der Waals surface area contributed by atoms with Crippen LogP contribution in [0.5, 0.6) is 0 Å². The van der Waals surface area contributed by atoms with E-state index < -0.39 is 0 Å². The Morgan fingerprint density at radius 3 is 3.10 bits per heavy atom. The number of nitrogens with two attached hydrogens (primary N) is 1. The van der Waals surface area contributed by atoms with E-state index in [1.807, 2.05) is 6.20 Å². The van der Waals surface area contributed by atoms with Crippen LogP contribution in [0.1, 0.15) is 12.0 Å². The van der Waals surface area contributed by atoms with Crippen molar-refractivity contribution in [3.05, 3.63) is 24.5 Å². The van der Waals surface area contributed by atoms with Crippen LogP contribution in [0.25, 0.3) is 5.57 Å². The number of aromatic amines is 1. The van der Waals surface area contributed by atoms with Gasteiger partial charge in [-0.05, 0) is 18.5 Å². The highest BCUT2D eigenvalue weighted by Gasteiger charge is 1.96. The van der Waals surface area contributed by atoms with Gasteiger partial charge in [-0.2, -0.15) is 5.10 Å². The summed E-state index contributed by atoms with van der Waals surface area (Å²) < 4.78 is 0. The standard InChI is InChI=1S/C7H11N3/c1-6(2-3-8)7-4-9-10-5-7/h4-5H,1-3,8H2,(H,9,10). The van der Waals surface area contributed by atoms with Gasteiger partial charge in [-0.3, -0.25) is 5.10 Å². The van der Waals surface area contributed by atoms with Crippen LogP contribution in [-0.2, 0) is 0 Å². The fraction of sp³-hybridized carbons (Fsp3) is 0.286. The smallest absolute Gasteiger partial charge is 0.0562 e. The SMILES string of the molecule is C=C(CCN)c1cn[nH]c1. The first-order chi connectivity index (χ1) is 4.84. The van der Waals surface area contributed by atoms with Crippen LogP contribution in [0.4, 0.5) is 0 Å². The highest BCUT2D eigenvalue weighted by molar-refractivity contribution is 5.61. The summed E-state index contributed by atoms with van der Waals surface area (Å²) in [6, 6.07) is 0. The Labute approximate surface area is 59.9 Å². The molecule has 0 amide bonds. The molecule has 0 aliphatic heterocycles. The van der Waals surface area contributed by atoms with Crippen molar-refractivity contribution in [2.75, 3.05) is 6.54 Å². The largest absolute Gasteiger partial charge is 0.330 e. The lowest BCUT2D eigenvalue weighted by atomic mass is 10.1. The number of nitrogens with zero attached hydrogens (tertiary/aromatic N) is 1. The molecule has 0 aliphatic carbocycles. The molecule has 3 heteroatoms. The van der Waals surface area contributed by atoms with Crippen LogP contribution < -0.4 is 5.73 Å². The second kappa shape index (κ2) is 3.17. The molecular weight excluding hydrogens is 126 g/mol. The summed E-state index contributed by atoms with van der Waals surface area (Å²) in [5, 5.41) is 6.52. The van der Waals surface area contributed by atoms with Gasteiger partial charge in [0.1, 0.15) is 0 Å². The molecule has 54 valence electrons. The van der Waals surface area contributed by atoms with Gasteiger partial charge in [0.15, 0.2) is 0 Å². The third-order valence-corrected chi connectivity index (χ3v) is 1.35. The lowest BCUT2D eigenvalue weighted by molar-refractivity contribution is 1.02. The Hall–Kier alpha value is -1.09. The first-order valence-electron chi connectivity index (χ1n) is 3.21. The van der Waals surface area contributed by atoms with E-state index in [4.69, 9.17) is 5.73 Å². The average molecular weight is 137 g/mol. The molecule has 1 rings (SSSR count). The van der Waals surface area contributed by atoms with Gasteiger partial charge in [-0.15, -0.1) is 0 Å². The van der Waals surface area contributed by atoms with Gasteiger partial charge in [0, 0.05) is 11.8 Å². The van der Waals surface area contributed by atoms with Gasteiger partial charge in [-0.1, -0.05) is 6.58 Å². The van der Waals surface area contributed by atoms with Crippen molar-refractivity contribution < 1.29 is 0 Å². The number of hydrogen-bond acceptors (Lipinski definition) is 2. The molecular formula is C7H11N3. The van der Waals surface area contributed by atoms with Crippen molar-refractivity contribution in [1.29, 1.82) is 0 Å². The zero-order valence-electron chi connectivity index (χ0n) is 5.80. The van der Waals surface area contributed by atoms with Crippen LogP contribution in [0.3, 0.4) is 0 Å². The van der Waals surface area contributed by atoms with Crippen LogP contribution in [0.15, 0.2) is 19.0 Å². The van der Waals surface area contributed by atoms with Crippen LogP contribution in [0.2, 0.25) is 0 Å². The first kappa shape index (κ1) is 7.02. The van der Waals surface area contributed by atoms with E-state index in [-0.39, 0.29) is 0 Å². The van der Waals surface area contributed by atoms with Crippen molar-refractivity contribution in [2.45, 2.75) is 6.42 Å². The fourth-order valence-corrected chi connectivity index (χ4v) is 0.763. The fourth-order valence-electron chi connectivity index (χ4n) is 0.763. The quantitative estimate of drug-likeness (QED) is 0.646. The van der Waals surface area contributed by atoms with Crippen molar-refractivity contribution in [3.63, 3.8) is 0 Å². The van der Waals surface area contributed by atoms with E-state index in [1.54, 1.807) is 6.20 Å². The van der Waals surface area contributed by atoms with Crippen molar-refractivity contribution >= 4 is 5.57 Å². The van der Waals surface area contributed by atoms with E-state index in [0.717, 1.165) is 17.6 Å². The molecule has 0 spiro atoms. The molecule has 3 N–H and O–H groups in total. The van der Waals surface area contributed by atoms with Crippen LogP contribution in [-0.4, -0.2) is 16.7 Å². The highest BCUT2D eigenvalue weighted by atomic mass is 15.1. The van der Waals surface area contributed by atoms with Crippen molar-refractivity contribution in [1.82, 2.24) is 10.2 Å². The number of rotatable bonds is 3. The van der Waals surface area contributed by atoms with E-state index in [9.17, 15) is 0 Å².